The molecule has 0 radical (unpaired) electrons. The lowest BCUT2D eigenvalue weighted by atomic mass is 9.80. The number of hydrogen-bond donors (Lipinski definition) is 2. The summed E-state index contributed by atoms with van der Waals surface area (Å²) < 4.78 is 19.7. The first-order valence-corrected chi connectivity index (χ1v) is 7.21. The van der Waals surface area contributed by atoms with Gasteiger partial charge in [0.25, 0.3) is 0 Å². The Bertz CT molecular complexity index is 489. The van der Waals surface area contributed by atoms with Gasteiger partial charge < -0.3 is 10.5 Å². The fourth-order valence-electron chi connectivity index (χ4n) is 2.69. The lowest BCUT2D eigenvalue weighted by molar-refractivity contribution is -0.00845. The van der Waals surface area contributed by atoms with Crippen molar-refractivity contribution in [2.45, 2.75) is 45.8 Å². The van der Waals surface area contributed by atoms with Gasteiger partial charge in [-0.1, -0.05) is 26.0 Å². The molecule has 1 aliphatic carbocycles. The molecule has 1 aliphatic rings. The maximum atomic E-state index is 13.9. The molecule has 3 N–H and O–H groups in total. The van der Waals surface area contributed by atoms with E-state index in [4.69, 9.17) is 15.9 Å². The van der Waals surface area contributed by atoms with E-state index in [0.717, 1.165) is 18.8 Å². The Hall–Kier alpha value is -1.42. The Morgan fingerprint density at radius 2 is 2.10 bits per heavy atom. The first-order chi connectivity index (χ1) is 9.47. The summed E-state index contributed by atoms with van der Waals surface area (Å²) in [7, 11) is 0. The molecule has 110 valence electrons. The summed E-state index contributed by atoms with van der Waals surface area (Å²) in [5.74, 6) is 0.946. The van der Waals surface area contributed by atoms with Gasteiger partial charge in [0, 0.05) is 11.1 Å². The van der Waals surface area contributed by atoms with Crippen LogP contribution in [0.4, 0.5) is 4.39 Å². The molecule has 0 aromatic heterocycles. The van der Waals surface area contributed by atoms with Gasteiger partial charge in [0.15, 0.2) is 0 Å². The average molecular weight is 278 g/mol. The van der Waals surface area contributed by atoms with E-state index in [0.29, 0.717) is 17.0 Å². The highest BCUT2D eigenvalue weighted by Crippen LogP contribution is 2.31. The van der Waals surface area contributed by atoms with Gasteiger partial charge in [-0.3, -0.25) is 5.41 Å². The van der Waals surface area contributed by atoms with E-state index in [1.54, 1.807) is 12.1 Å². The fraction of sp³-hybridized carbons (Fsp3) is 0.562. The van der Waals surface area contributed by atoms with Crippen molar-refractivity contribution >= 4 is 5.84 Å². The number of rotatable bonds is 4. The summed E-state index contributed by atoms with van der Waals surface area (Å²) in [5, 5.41) is 7.29. The molecule has 0 aliphatic heterocycles. The van der Waals surface area contributed by atoms with Gasteiger partial charge in [-0.2, -0.15) is 0 Å². The summed E-state index contributed by atoms with van der Waals surface area (Å²) in [6, 6.07) is 4.61. The van der Waals surface area contributed by atoms with E-state index in [1.807, 2.05) is 0 Å². The van der Waals surface area contributed by atoms with E-state index < -0.39 is 0 Å². The molecule has 20 heavy (non-hydrogen) atoms. The van der Waals surface area contributed by atoms with Crippen molar-refractivity contribution in [1.82, 2.24) is 0 Å². The summed E-state index contributed by atoms with van der Waals surface area (Å²) >= 11 is 0. The Kier molecular flexibility index (Phi) is 4.76. The van der Waals surface area contributed by atoms with E-state index in [9.17, 15) is 4.39 Å². The number of hydrogen-bond acceptors (Lipinski definition) is 2. The summed E-state index contributed by atoms with van der Waals surface area (Å²) in [4.78, 5) is 0. The molecule has 1 aromatic carbocycles. The van der Waals surface area contributed by atoms with Crippen molar-refractivity contribution in [2.24, 2.45) is 17.6 Å². The van der Waals surface area contributed by atoms with E-state index in [2.05, 4.69) is 13.8 Å². The normalized spacial score (nSPS) is 26.4. The molecule has 3 nitrogen and oxygen atoms in total. The van der Waals surface area contributed by atoms with Gasteiger partial charge in [-0.25, -0.2) is 4.39 Å². The molecule has 1 fully saturated rings. The van der Waals surface area contributed by atoms with Crippen LogP contribution in [0.5, 0.6) is 0 Å². The predicted molar refractivity (Wildman–Crippen MR) is 78.2 cm³/mol. The van der Waals surface area contributed by atoms with Gasteiger partial charge >= 0.3 is 0 Å². The Morgan fingerprint density at radius 3 is 2.70 bits per heavy atom. The molecule has 0 heterocycles. The number of amidine groups is 1. The molecule has 3 unspecified atom stereocenters. The van der Waals surface area contributed by atoms with Crippen LogP contribution in [0.25, 0.3) is 0 Å². The minimum Gasteiger partial charge on any atom is -0.384 e. The van der Waals surface area contributed by atoms with Crippen molar-refractivity contribution in [3.63, 3.8) is 0 Å². The summed E-state index contributed by atoms with van der Waals surface area (Å²) in [5.41, 5.74) is 6.27. The lowest BCUT2D eigenvalue weighted by Crippen LogP contribution is -2.26. The van der Waals surface area contributed by atoms with E-state index in [-0.39, 0.29) is 24.4 Å². The van der Waals surface area contributed by atoms with Gasteiger partial charge in [-0.05, 0) is 37.2 Å². The zero-order chi connectivity index (χ0) is 14.7. The van der Waals surface area contributed by atoms with Gasteiger partial charge in [0.2, 0.25) is 0 Å². The first-order valence-electron chi connectivity index (χ1n) is 7.21. The number of ether oxygens (including phenoxy) is 1. The Labute approximate surface area is 119 Å². The van der Waals surface area contributed by atoms with Crippen LogP contribution >= 0.6 is 0 Å². The number of nitrogens with two attached hydrogens (primary N) is 1. The second kappa shape index (κ2) is 6.35. The second-order valence-electron chi connectivity index (χ2n) is 5.92. The van der Waals surface area contributed by atoms with Crippen molar-refractivity contribution < 1.29 is 9.13 Å². The maximum absolute atomic E-state index is 13.9. The maximum Gasteiger partial charge on any atom is 0.129 e. The minimum absolute atomic E-state index is 0.119. The van der Waals surface area contributed by atoms with Crippen molar-refractivity contribution in [3.8, 4) is 0 Å². The molecular formula is C16H23FN2O. The van der Waals surface area contributed by atoms with Crippen LogP contribution in [0, 0.1) is 23.1 Å². The van der Waals surface area contributed by atoms with E-state index >= 15 is 0 Å². The molecular weight excluding hydrogens is 255 g/mol. The molecule has 1 saturated carbocycles. The molecule has 0 bridgehead atoms. The molecule has 0 amide bonds. The molecule has 4 heteroatoms. The Morgan fingerprint density at radius 1 is 1.35 bits per heavy atom. The van der Waals surface area contributed by atoms with Gasteiger partial charge in [-0.15, -0.1) is 0 Å². The van der Waals surface area contributed by atoms with Crippen molar-refractivity contribution in [1.29, 1.82) is 5.41 Å². The number of nitrogen functional groups attached to an aromatic ring is 1. The highest BCUT2D eigenvalue weighted by atomic mass is 19.1. The van der Waals surface area contributed by atoms with Gasteiger partial charge in [0.1, 0.15) is 11.7 Å². The predicted octanol–water partition coefficient (Wildman–Crippen LogP) is 3.45. The summed E-state index contributed by atoms with van der Waals surface area (Å²) in [6.07, 6.45) is 3.51. The average Bonchev–Trinajstić information content (AvgIpc) is 2.41. The number of benzene rings is 1. The first kappa shape index (κ1) is 15.0. The van der Waals surface area contributed by atoms with Crippen LogP contribution in [0.2, 0.25) is 0 Å². The third-order valence-corrected chi connectivity index (χ3v) is 4.39. The smallest absolute Gasteiger partial charge is 0.129 e. The summed E-state index contributed by atoms with van der Waals surface area (Å²) in [6.45, 7) is 4.82. The minimum atomic E-state index is -0.352. The SMILES string of the molecule is CC1CCC(OCc2ccc(C(=N)N)cc2F)CC1C. The third-order valence-electron chi connectivity index (χ3n) is 4.39. The lowest BCUT2D eigenvalue weighted by Gasteiger charge is -2.32. The number of nitrogens with one attached hydrogen (secondary N) is 1. The van der Waals surface area contributed by atoms with Crippen LogP contribution in [-0.4, -0.2) is 11.9 Å². The van der Waals surface area contributed by atoms with Gasteiger partial charge in [0.05, 0.1) is 12.7 Å². The zero-order valence-electron chi connectivity index (χ0n) is 12.2. The zero-order valence-corrected chi connectivity index (χ0v) is 12.2. The van der Waals surface area contributed by atoms with Crippen LogP contribution in [0.15, 0.2) is 18.2 Å². The van der Waals surface area contributed by atoms with Crippen LogP contribution in [0.3, 0.4) is 0 Å². The molecule has 0 saturated heterocycles. The topological polar surface area (TPSA) is 59.1 Å². The standard InChI is InChI=1S/C16H23FN2O/c1-10-3-6-14(7-11(10)2)20-9-13-5-4-12(16(18)19)8-15(13)17/h4-5,8,10-11,14H,3,6-7,9H2,1-2H3,(H3,18,19). The second-order valence-corrected chi connectivity index (χ2v) is 5.92. The highest BCUT2D eigenvalue weighted by Gasteiger charge is 2.25. The molecule has 2 rings (SSSR count). The van der Waals surface area contributed by atoms with Crippen LogP contribution in [-0.2, 0) is 11.3 Å². The largest absolute Gasteiger partial charge is 0.384 e. The highest BCUT2D eigenvalue weighted by molar-refractivity contribution is 5.94. The molecule has 1 aromatic rings. The third kappa shape index (κ3) is 3.57. The van der Waals surface area contributed by atoms with Crippen LogP contribution < -0.4 is 5.73 Å². The fourth-order valence-corrected chi connectivity index (χ4v) is 2.69. The monoisotopic (exact) mass is 278 g/mol. The molecule has 0 spiro atoms. The van der Waals surface area contributed by atoms with Crippen LogP contribution in [0.1, 0.15) is 44.2 Å². The quantitative estimate of drug-likeness (QED) is 0.654. The Balaban J connectivity index is 1.93. The number of halogens is 1. The van der Waals surface area contributed by atoms with Crippen molar-refractivity contribution in [3.05, 3.63) is 35.1 Å². The molecule has 3 atom stereocenters. The van der Waals surface area contributed by atoms with Crippen molar-refractivity contribution in [2.75, 3.05) is 0 Å². The van der Waals surface area contributed by atoms with E-state index in [1.165, 1.54) is 12.5 Å².